The third-order valence-electron chi connectivity index (χ3n) is 5.57. The van der Waals surface area contributed by atoms with Gasteiger partial charge in [-0.1, -0.05) is 36.4 Å². The minimum atomic E-state index is -0.609. The molecule has 0 aliphatic rings. The molecule has 0 aliphatic heterocycles. The number of benzene rings is 2. The van der Waals surface area contributed by atoms with Gasteiger partial charge in [0.1, 0.15) is 23.2 Å². The molecule has 0 unspecified atom stereocenters. The van der Waals surface area contributed by atoms with Crippen LogP contribution in [-0.4, -0.2) is 52.3 Å². The fourth-order valence-electron chi connectivity index (χ4n) is 3.64. The van der Waals surface area contributed by atoms with E-state index in [1.165, 1.54) is 37.3 Å². The zero-order chi connectivity index (χ0) is 29.1. The fraction of sp³-hybridized carbons (Fsp3) is 0.300. The summed E-state index contributed by atoms with van der Waals surface area (Å²) < 4.78 is 11.2. The number of hydrogen-bond donors (Lipinski definition) is 1. The molecule has 10 heteroatoms. The van der Waals surface area contributed by atoms with Crippen molar-refractivity contribution in [1.29, 1.82) is 5.26 Å². The summed E-state index contributed by atoms with van der Waals surface area (Å²) in [7, 11) is 1.52. The van der Waals surface area contributed by atoms with Crippen molar-refractivity contribution < 1.29 is 19.1 Å². The van der Waals surface area contributed by atoms with E-state index in [0.29, 0.717) is 41.7 Å². The number of carbonyl (C=O) groups is 2. The number of amides is 1. The van der Waals surface area contributed by atoms with E-state index in [-0.39, 0.29) is 17.6 Å². The van der Waals surface area contributed by atoms with Crippen molar-refractivity contribution in [3.8, 4) is 11.8 Å². The summed E-state index contributed by atoms with van der Waals surface area (Å²) in [6, 6.07) is 17.1. The van der Waals surface area contributed by atoms with Gasteiger partial charge in [0.2, 0.25) is 0 Å². The molecule has 3 rings (SSSR count). The van der Waals surface area contributed by atoms with E-state index in [2.05, 4.69) is 15.3 Å². The molecule has 1 amide bonds. The molecule has 0 aliphatic carbocycles. The van der Waals surface area contributed by atoms with Gasteiger partial charge in [-0.2, -0.15) is 5.26 Å². The lowest BCUT2D eigenvalue weighted by molar-refractivity contribution is 0.0235. The average Bonchev–Trinajstić information content (AvgIpc) is 2.94. The van der Waals surface area contributed by atoms with Crippen LogP contribution in [0.2, 0.25) is 0 Å². The van der Waals surface area contributed by atoms with Crippen molar-refractivity contribution in [2.45, 2.75) is 39.3 Å². The lowest BCUT2D eigenvalue weighted by atomic mass is 10.0. The number of thioether (sulfide) groups is 1. The largest absolute Gasteiger partial charge is 0.496 e. The van der Waals surface area contributed by atoms with Gasteiger partial charge < -0.3 is 19.7 Å². The second-order valence-electron chi connectivity index (χ2n) is 9.77. The number of allylic oxidation sites excluding steroid dienone is 1. The molecule has 0 bridgehead atoms. The minimum Gasteiger partial charge on any atom is -0.496 e. The maximum atomic E-state index is 13.1. The second kappa shape index (κ2) is 14.1. The maximum Gasteiger partial charge on any atom is 0.410 e. The highest BCUT2D eigenvalue weighted by Gasteiger charge is 2.22. The van der Waals surface area contributed by atoms with Crippen molar-refractivity contribution in [2.24, 2.45) is 0 Å². The van der Waals surface area contributed by atoms with Gasteiger partial charge >= 0.3 is 6.09 Å². The van der Waals surface area contributed by atoms with Gasteiger partial charge in [-0.3, -0.25) is 4.79 Å². The number of carbonyl (C=O) groups excluding carboxylic acids is 2. The summed E-state index contributed by atoms with van der Waals surface area (Å²) >= 11 is 1.34. The van der Waals surface area contributed by atoms with Crippen molar-refractivity contribution in [2.75, 3.05) is 25.2 Å². The monoisotopic (exact) mass is 559 g/mol. The molecule has 9 nitrogen and oxygen atoms in total. The third kappa shape index (κ3) is 9.13. The van der Waals surface area contributed by atoms with Gasteiger partial charge in [0.15, 0.2) is 11.5 Å². The topological polar surface area (TPSA) is 117 Å². The first-order valence-electron chi connectivity index (χ1n) is 12.6. The third-order valence-corrected chi connectivity index (χ3v) is 6.23. The van der Waals surface area contributed by atoms with Gasteiger partial charge in [0, 0.05) is 19.2 Å². The smallest absolute Gasteiger partial charge is 0.410 e. The van der Waals surface area contributed by atoms with Crippen LogP contribution < -0.4 is 10.1 Å². The summed E-state index contributed by atoms with van der Waals surface area (Å²) in [4.78, 5) is 35.9. The molecule has 0 saturated heterocycles. The number of hydrogen-bond acceptors (Lipinski definition) is 9. The quantitative estimate of drug-likeness (QED) is 0.228. The summed E-state index contributed by atoms with van der Waals surface area (Å²) in [5.41, 5.74) is 1.91. The van der Waals surface area contributed by atoms with E-state index >= 15 is 0 Å². The molecule has 1 N–H and O–H groups in total. The first kappa shape index (κ1) is 30.2. The van der Waals surface area contributed by atoms with Crippen LogP contribution in [0.3, 0.4) is 0 Å². The predicted molar refractivity (Wildman–Crippen MR) is 156 cm³/mol. The molecule has 0 radical (unpaired) electrons. The Balaban J connectivity index is 1.74. The molecule has 40 heavy (non-hydrogen) atoms. The zero-order valence-electron chi connectivity index (χ0n) is 23.3. The van der Waals surface area contributed by atoms with Crippen molar-refractivity contribution in [3.05, 3.63) is 94.4 Å². The molecular formula is C30H33N5O4S. The van der Waals surface area contributed by atoms with Gasteiger partial charge in [0.05, 0.1) is 30.1 Å². The molecule has 3 aromatic rings. The highest BCUT2D eigenvalue weighted by Crippen LogP contribution is 2.24. The summed E-state index contributed by atoms with van der Waals surface area (Å²) in [5, 5.41) is 12.5. The van der Waals surface area contributed by atoms with Crippen LogP contribution in [0.4, 0.5) is 10.6 Å². The SMILES string of the molecule is COc1cc(CCN(Cc2ccccc2)C(=O)OC(C)(C)C)ccc1C(=O)/C=C(/Nc1cnc(C#N)cn1)SC. The number of anilines is 1. The summed E-state index contributed by atoms with van der Waals surface area (Å²) in [6.07, 6.45) is 6.24. The minimum absolute atomic E-state index is 0.204. The number of nitrogens with one attached hydrogen (secondary N) is 1. The van der Waals surface area contributed by atoms with Crippen LogP contribution in [-0.2, 0) is 17.7 Å². The Kier molecular flexibility index (Phi) is 10.7. The van der Waals surface area contributed by atoms with Crippen LogP contribution in [0.1, 0.15) is 48.0 Å². The molecule has 208 valence electrons. The molecule has 1 aromatic heterocycles. The molecule has 0 saturated carbocycles. The van der Waals surface area contributed by atoms with Crippen LogP contribution in [0.5, 0.6) is 5.75 Å². The lowest BCUT2D eigenvalue weighted by Gasteiger charge is -2.27. The van der Waals surface area contributed by atoms with Crippen LogP contribution >= 0.6 is 11.8 Å². The fourth-order valence-corrected chi connectivity index (χ4v) is 4.07. The van der Waals surface area contributed by atoms with E-state index in [1.807, 2.05) is 75.6 Å². The molecule has 0 fully saturated rings. The van der Waals surface area contributed by atoms with Crippen molar-refractivity contribution in [3.63, 3.8) is 0 Å². The number of rotatable bonds is 11. The molecular weight excluding hydrogens is 526 g/mol. The standard InChI is InChI=1S/C30H33N5O4S/c1-30(2,3)39-29(37)35(20-22-9-7-6-8-10-22)14-13-21-11-12-24(26(15-21)38-4)25(36)16-28(40-5)34-27-19-32-23(17-31)18-33-27/h6-12,15-16,18-19H,13-14,20H2,1-5H3,(H,33,34)/b28-16-. The lowest BCUT2D eigenvalue weighted by Crippen LogP contribution is -2.37. The number of aromatic nitrogens is 2. The maximum absolute atomic E-state index is 13.1. The van der Waals surface area contributed by atoms with E-state index in [1.54, 1.807) is 11.0 Å². The Morgan fingerprint density at radius 3 is 2.45 bits per heavy atom. The average molecular weight is 560 g/mol. The Bertz CT molecular complexity index is 1380. The normalized spacial score (nSPS) is 11.3. The first-order valence-corrected chi connectivity index (χ1v) is 13.8. The Morgan fingerprint density at radius 1 is 1.10 bits per heavy atom. The van der Waals surface area contributed by atoms with Crippen LogP contribution in [0, 0.1) is 11.3 Å². The number of nitrogens with zero attached hydrogens (tertiary/aromatic N) is 4. The Labute approximate surface area is 239 Å². The predicted octanol–water partition coefficient (Wildman–Crippen LogP) is 5.84. The van der Waals surface area contributed by atoms with Gasteiger partial charge in [-0.05, 0) is 56.7 Å². The van der Waals surface area contributed by atoms with Crippen molar-refractivity contribution >= 4 is 29.5 Å². The number of nitriles is 1. The van der Waals surface area contributed by atoms with E-state index in [4.69, 9.17) is 14.7 Å². The Morgan fingerprint density at radius 2 is 1.85 bits per heavy atom. The van der Waals surface area contributed by atoms with E-state index in [0.717, 1.165) is 11.1 Å². The van der Waals surface area contributed by atoms with Crippen LogP contribution in [0.15, 0.2) is 72.0 Å². The van der Waals surface area contributed by atoms with E-state index < -0.39 is 5.60 Å². The highest BCUT2D eigenvalue weighted by molar-refractivity contribution is 8.02. The second-order valence-corrected chi connectivity index (χ2v) is 10.6. The van der Waals surface area contributed by atoms with Gasteiger partial charge in [-0.15, -0.1) is 11.8 Å². The number of methoxy groups -OCH3 is 1. The Hall–Kier alpha value is -4.36. The van der Waals surface area contributed by atoms with E-state index in [9.17, 15) is 9.59 Å². The highest BCUT2D eigenvalue weighted by atomic mass is 32.2. The zero-order valence-corrected chi connectivity index (χ0v) is 24.1. The molecule has 0 spiro atoms. The van der Waals surface area contributed by atoms with Crippen LogP contribution in [0.25, 0.3) is 0 Å². The van der Waals surface area contributed by atoms with Gasteiger partial charge in [0.25, 0.3) is 0 Å². The summed E-state index contributed by atoms with van der Waals surface area (Å²) in [6.45, 7) is 6.37. The van der Waals surface area contributed by atoms with Gasteiger partial charge in [-0.25, -0.2) is 14.8 Å². The molecule has 1 heterocycles. The first-order chi connectivity index (χ1) is 19.1. The summed E-state index contributed by atoms with van der Waals surface area (Å²) in [5.74, 6) is 0.602. The van der Waals surface area contributed by atoms with Crippen molar-refractivity contribution in [1.82, 2.24) is 14.9 Å². The number of ether oxygens (including phenoxy) is 2. The molecule has 0 atom stereocenters. The number of ketones is 1. The molecule has 2 aromatic carbocycles.